The molecule has 110 valence electrons. The number of amides is 1. The van der Waals surface area contributed by atoms with Gasteiger partial charge in [0.1, 0.15) is 4.60 Å². The first-order chi connectivity index (χ1) is 9.58. The van der Waals surface area contributed by atoms with Crippen LogP contribution >= 0.6 is 15.9 Å². The number of aromatic nitrogens is 1. The summed E-state index contributed by atoms with van der Waals surface area (Å²) in [5.41, 5.74) is 0. The van der Waals surface area contributed by atoms with Gasteiger partial charge in [0.2, 0.25) is 5.76 Å². The van der Waals surface area contributed by atoms with Crippen molar-refractivity contribution in [3.63, 3.8) is 0 Å². The highest BCUT2D eigenvalue weighted by Crippen LogP contribution is 2.34. The van der Waals surface area contributed by atoms with Crippen LogP contribution in [-0.2, 0) is 9.47 Å². The second-order valence-electron chi connectivity index (χ2n) is 5.32. The van der Waals surface area contributed by atoms with Crippen molar-refractivity contribution in [2.75, 3.05) is 26.3 Å². The maximum absolute atomic E-state index is 12.4. The number of carbonyl (C=O) groups is 1. The minimum Gasteiger partial charge on any atom is -0.350 e. The third kappa shape index (κ3) is 2.62. The van der Waals surface area contributed by atoms with Crippen molar-refractivity contribution in [3.8, 4) is 0 Å². The van der Waals surface area contributed by atoms with Gasteiger partial charge in [-0.15, -0.1) is 0 Å². The minimum absolute atomic E-state index is 0.130. The fourth-order valence-electron chi connectivity index (χ4n) is 2.87. The van der Waals surface area contributed by atoms with Gasteiger partial charge in [-0.25, -0.2) is 0 Å². The fourth-order valence-corrected chi connectivity index (χ4v) is 3.15. The molecule has 0 N–H and O–H groups in total. The molecule has 0 bridgehead atoms. The highest BCUT2D eigenvalue weighted by molar-refractivity contribution is 9.10. The van der Waals surface area contributed by atoms with Crippen molar-refractivity contribution in [2.45, 2.75) is 25.6 Å². The van der Waals surface area contributed by atoms with Crippen LogP contribution in [-0.4, -0.2) is 48.1 Å². The summed E-state index contributed by atoms with van der Waals surface area (Å²) in [5, 5.41) is 3.69. The summed E-state index contributed by atoms with van der Waals surface area (Å²) in [7, 11) is 0. The van der Waals surface area contributed by atoms with E-state index in [2.05, 4.69) is 21.1 Å². The van der Waals surface area contributed by atoms with E-state index >= 15 is 0 Å². The van der Waals surface area contributed by atoms with Crippen molar-refractivity contribution in [3.05, 3.63) is 16.4 Å². The van der Waals surface area contributed by atoms with Crippen LogP contribution in [0.15, 0.2) is 15.2 Å². The zero-order chi connectivity index (χ0) is 14.2. The third-order valence-electron chi connectivity index (χ3n) is 4.00. The van der Waals surface area contributed by atoms with Gasteiger partial charge in [0, 0.05) is 25.1 Å². The summed E-state index contributed by atoms with van der Waals surface area (Å²) in [6.45, 7) is 4.55. The maximum Gasteiger partial charge on any atom is 0.292 e. The molecule has 2 fully saturated rings. The Bertz CT molecular complexity index is 498. The Morgan fingerprint density at radius 3 is 2.90 bits per heavy atom. The molecule has 1 aromatic rings. The van der Waals surface area contributed by atoms with Crippen LogP contribution in [0.4, 0.5) is 0 Å². The smallest absolute Gasteiger partial charge is 0.292 e. The van der Waals surface area contributed by atoms with E-state index < -0.39 is 5.79 Å². The van der Waals surface area contributed by atoms with Crippen LogP contribution in [0.2, 0.25) is 0 Å². The van der Waals surface area contributed by atoms with Gasteiger partial charge in [0.15, 0.2) is 5.79 Å². The van der Waals surface area contributed by atoms with Gasteiger partial charge in [-0.2, -0.15) is 0 Å². The number of halogens is 1. The SMILES string of the molecule is CC1(C2CCCN(C(=O)c3cc(Br)no3)C2)OCCO1. The van der Waals surface area contributed by atoms with Gasteiger partial charge < -0.3 is 18.9 Å². The maximum atomic E-state index is 12.4. The standard InChI is InChI=1S/C13H17BrN2O4/c1-13(18-5-6-19-13)9-3-2-4-16(8-9)12(17)10-7-11(14)15-20-10/h7,9H,2-6,8H2,1H3. The van der Waals surface area contributed by atoms with Gasteiger partial charge in [-0.1, -0.05) is 5.16 Å². The molecule has 2 aliphatic rings. The van der Waals surface area contributed by atoms with Crippen molar-refractivity contribution in [2.24, 2.45) is 5.92 Å². The Morgan fingerprint density at radius 1 is 1.50 bits per heavy atom. The van der Waals surface area contributed by atoms with E-state index in [9.17, 15) is 4.79 Å². The Labute approximate surface area is 125 Å². The molecule has 3 rings (SSSR count). The number of hydrogen-bond donors (Lipinski definition) is 0. The number of hydrogen-bond acceptors (Lipinski definition) is 5. The lowest BCUT2D eigenvalue weighted by Gasteiger charge is -2.39. The summed E-state index contributed by atoms with van der Waals surface area (Å²) in [6, 6.07) is 1.59. The lowest BCUT2D eigenvalue weighted by atomic mass is 9.90. The van der Waals surface area contributed by atoms with E-state index in [-0.39, 0.29) is 17.6 Å². The quantitative estimate of drug-likeness (QED) is 0.821. The van der Waals surface area contributed by atoms with E-state index in [1.54, 1.807) is 11.0 Å². The zero-order valence-corrected chi connectivity index (χ0v) is 12.9. The molecule has 20 heavy (non-hydrogen) atoms. The number of piperidine rings is 1. The van der Waals surface area contributed by atoms with Gasteiger partial charge in [0.05, 0.1) is 13.2 Å². The van der Waals surface area contributed by atoms with Crippen LogP contribution in [0.1, 0.15) is 30.3 Å². The number of likely N-dealkylation sites (tertiary alicyclic amines) is 1. The molecular formula is C13H17BrN2O4. The Hall–Kier alpha value is -0.920. The average Bonchev–Trinajstić information content (AvgIpc) is 3.08. The summed E-state index contributed by atoms with van der Waals surface area (Å²) in [4.78, 5) is 14.2. The van der Waals surface area contributed by atoms with Crippen molar-refractivity contribution in [1.29, 1.82) is 0 Å². The van der Waals surface area contributed by atoms with E-state index in [0.717, 1.165) is 19.4 Å². The van der Waals surface area contributed by atoms with Crippen LogP contribution in [0.25, 0.3) is 0 Å². The van der Waals surface area contributed by atoms with Crippen molar-refractivity contribution < 1.29 is 18.8 Å². The van der Waals surface area contributed by atoms with Crippen LogP contribution in [0.5, 0.6) is 0 Å². The largest absolute Gasteiger partial charge is 0.350 e. The van der Waals surface area contributed by atoms with E-state index in [4.69, 9.17) is 14.0 Å². The molecule has 0 aliphatic carbocycles. The second kappa shape index (κ2) is 5.46. The average molecular weight is 345 g/mol. The molecule has 1 aromatic heterocycles. The first kappa shape index (κ1) is 14.0. The summed E-state index contributed by atoms with van der Waals surface area (Å²) >= 11 is 3.18. The molecule has 1 unspecified atom stereocenters. The number of ether oxygens (including phenoxy) is 2. The topological polar surface area (TPSA) is 64.8 Å². The zero-order valence-electron chi connectivity index (χ0n) is 11.3. The van der Waals surface area contributed by atoms with E-state index in [1.807, 2.05) is 6.92 Å². The minimum atomic E-state index is -0.569. The number of rotatable bonds is 2. The highest BCUT2D eigenvalue weighted by Gasteiger charge is 2.42. The predicted molar refractivity (Wildman–Crippen MR) is 73.1 cm³/mol. The molecule has 0 spiro atoms. The number of nitrogens with zero attached hydrogens (tertiary/aromatic N) is 2. The van der Waals surface area contributed by atoms with Gasteiger partial charge in [-0.05, 0) is 35.7 Å². The molecule has 0 radical (unpaired) electrons. The van der Waals surface area contributed by atoms with Gasteiger partial charge in [0.25, 0.3) is 5.91 Å². The molecule has 0 saturated carbocycles. The Morgan fingerprint density at radius 2 is 2.25 bits per heavy atom. The van der Waals surface area contributed by atoms with Crippen molar-refractivity contribution >= 4 is 21.8 Å². The molecule has 2 saturated heterocycles. The first-order valence-corrected chi connectivity index (χ1v) is 7.57. The Balaban J connectivity index is 1.70. The summed E-state index contributed by atoms with van der Waals surface area (Å²) in [5.74, 6) is -0.250. The van der Waals surface area contributed by atoms with Gasteiger partial charge in [-0.3, -0.25) is 4.79 Å². The van der Waals surface area contributed by atoms with Crippen LogP contribution in [0, 0.1) is 5.92 Å². The molecule has 3 heterocycles. The van der Waals surface area contributed by atoms with Gasteiger partial charge >= 0.3 is 0 Å². The summed E-state index contributed by atoms with van der Waals surface area (Å²) < 4.78 is 17.0. The fraction of sp³-hybridized carbons (Fsp3) is 0.692. The first-order valence-electron chi connectivity index (χ1n) is 6.78. The third-order valence-corrected chi connectivity index (χ3v) is 4.38. The van der Waals surface area contributed by atoms with E-state index in [0.29, 0.717) is 24.4 Å². The molecule has 7 heteroatoms. The predicted octanol–water partition coefficient (Wildman–Crippen LogP) is 2.05. The summed E-state index contributed by atoms with van der Waals surface area (Å²) in [6.07, 6.45) is 1.94. The van der Waals surface area contributed by atoms with Crippen LogP contribution < -0.4 is 0 Å². The lowest BCUT2D eigenvalue weighted by Crippen LogP contribution is -2.48. The normalized spacial score (nSPS) is 25.9. The van der Waals surface area contributed by atoms with E-state index in [1.165, 1.54) is 0 Å². The monoisotopic (exact) mass is 344 g/mol. The van der Waals surface area contributed by atoms with Crippen LogP contribution in [0.3, 0.4) is 0 Å². The highest BCUT2D eigenvalue weighted by atomic mass is 79.9. The second-order valence-corrected chi connectivity index (χ2v) is 6.13. The molecule has 6 nitrogen and oxygen atoms in total. The molecule has 0 aromatic carbocycles. The molecule has 1 amide bonds. The number of carbonyl (C=O) groups excluding carboxylic acids is 1. The van der Waals surface area contributed by atoms with Crippen molar-refractivity contribution in [1.82, 2.24) is 10.1 Å². The Kier molecular flexibility index (Phi) is 3.83. The lowest BCUT2D eigenvalue weighted by molar-refractivity contribution is -0.189. The molecule has 2 aliphatic heterocycles. The molecule has 1 atom stereocenters. The molecular weight excluding hydrogens is 328 g/mol.